The summed E-state index contributed by atoms with van der Waals surface area (Å²) in [5.74, 6) is 0.975. The number of aryl methyl sites for hydroxylation is 2. The number of hydrogen-bond donors (Lipinski definition) is 1. The van der Waals surface area contributed by atoms with Crippen molar-refractivity contribution >= 4 is 17.7 Å². The second-order valence-corrected chi connectivity index (χ2v) is 9.69. The van der Waals surface area contributed by atoms with Gasteiger partial charge in [0.2, 0.25) is 0 Å². The van der Waals surface area contributed by atoms with Gasteiger partial charge in [-0.15, -0.1) is 0 Å². The monoisotopic (exact) mass is 459 g/mol. The van der Waals surface area contributed by atoms with E-state index in [9.17, 15) is 4.79 Å². The van der Waals surface area contributed by atoms with E-state index in [2.05, 4.69) is 43.0 Å². The predicted octanol–water partition coefficient (Wildman–Crippen LogP) is 4.79. The molecule has 0 amide bonds. The van der Waals surface area contributed by atoms with Crippen molar-refractivity contribution in [1.29, 1.82) is 0 Å². The van der Waals surface area contributed by atoms with Crippen LogP contribution < -0.4 is 9.47 Å². The van der Waals surface area contributed by atoms with Crippen molar-refractivity contribution in [3.8, 4) is 11.5 Å². The van der Waals surface area contributed by atoms with Gasteiger partial charge in [-0.3, -0.25) is 4.90 Å². The zero-order chi connectivity index (χ0) is 23.1. The van der Waals surface area contributed by atoms with Crippen LogP contribution in [0.5, 0.6) is 11.5 Å². The van der Waals surface area contributed by atoms with Crippen molar-refractivity contribution in [2.24, 2.45) is 5.92 Å². The van der Waals surface area contributed by atoms with Crippen LogP contribution in [0.3, 0.4) is 0 Å². The Morgan fingerprint density at radius 2 is 1.84 bits per heavy atom. The van der Waals surface area contributed by atoms with Crippen LogP contribution in [0.15, 0.2) is 40.1 Å². The Morgan fingerprint density at radius 1 is 1.09 bits per heavy atom. The fraction of sp³-hybridized carbons (Fsp3) is 0.480. The van der Waals surface area contributed by atoms with Crippen LogP contribution >= 0.6 is 11.8 Å². The van der Waals surface area contributed by atoms with Crippen LogP contribution in [-0.2, 0) is 16.1 Å². The first-order valence-electron chi connectivity index (χ1n) is 11.0. The lowest BCUT2D eigenvalue weighted by Gasteiger charge is -2.27. The van der Waals surface area contributed by atoms with Gasteiger partial charge in [0.25, 0.3) is 0 Å². The normalized spacial score (nSPS) is 14.5. The lowest BCUT2D eigenvalue weighted by molar-refractivity contribution is -0.139. The Labute approximate surface area is 194 Å². The second kappa shape index (κ2) is 11.6. The van der Waals surface area contributed by atoms with Gasteiger partial charge in [0, 0.05) is 29.4 Å². The van der Waals surface area contributed by atoms with E-state index in [1.165, 1.54) is 5.56 Å². The molecule has 1 aliphatic heterocycles. The minimum Gasteiger partial charge on any atom is -0.493 e. The molecule has 0 saturated carbocycles. The molecule has 2 aromatic rings. The Kier molecular flexibility index (Phi) is 8.84. The van der Waals surface area contributed by atoms with Gasteiger partial charge in [-0.1, -0.05) is 25.6 Å². The van der Waals surface area contributed by atoms with Gasteiger partial charge in [-0.2, -0.15) is 0 Å². The molecule has 1 aliphatic rings. The number of benzene rings is 2. The molecule has 1 saturated heterocycles. The van der Waals surface area contributed by atoms with Gasteiger partial charge in [0.05, 0.1) is 19.8 Å². The molecule has 0 bridgehead atoms. The molecule has 174 valence electrons. The summed E-state index contributed by atoms with van der Waals surface area (Å²) in [6.07, 6.45) is 0. The van der Waals surface area contributed by atoms with Crippen LogP contribution in [0, 0.1) is 19.8 Å². The highest BCUT2D eigenvalue weighted by molar-refractivity contribution is 7.99. The topological polar surface area (TPSA) is 68.2 Å². The molecule has 1 heterocycles. The maximum absolute atomic E-state index is 10.8. The zero-order valence-corrected chi connectivity index (χ0v) is 20.2. The van der Waals surface area contributed by atoms with Crippen LogP contribution in [0.2, 0.25) is 0 Å². The number of carboxylic acids is 1. The molecule has 0 aliphatic carbocycles. The molecular formula is C25H33NO5S. The van der Waals surface area contributed by atoms with E-state index < -0.39 is 5.97 Å². The number of rotatable bonds is 10. The standard InChI is InChI=1S/C25H33NO5S/c1-17(2)15-30-21-11-20(14-26-5-7-29-8-6-26)12-22(13-21)32-24-10-18(3)23(9-19(24)4)31-16-25(27)28/h9-13,17H,5-8,14-16H2,1-4H3,(H,27,28). The Balaban J connectivity index is 1.81. The predicted molar refractivity (Wildman–Crippen MR) is 126 cm³/mol. The van der Waals surface area contributed by atoms with Gasteiger partial charge in [0.15, 0.2) is 6.61 Å². The maximum Gasteiger partial charge on any atom is 0.341 e. The third kappa shape index (κ3) is 7.43. The quantitative estimate of drug-likeness (QED) is 0.548. The van der Waals surface area contributed by atoms with Crippen LogP contribution in [0.1, 0.15) is 30.5 Å². The number of nitrogens with zero attached hydrogens (tertiary/aromatic N) is 1. The highest BCUT2D eigenvalue weighted by atomic mass is 32.2. The number of carboxylic acid groups (broad SMARTS) is 1. The summed E-state index contributed by atoms with van der Waals surface area (Å²) in [5.41, 5.74) is 3.19. The second-order valence-electron chi connectivity index (χ2n) is 8.57. The summed E-state index contributed by atoms with van der Waals surface area (Å²) >= 11 is 1.69. The Morgan fingerprint density at radius 3 is 2.53 bits per heavy atom. The van der Waals surface area contributed by atoms with Gasteiger partial charge in [0.1, 0.15) is 11.5 Å². The molecule has 1 fully saturated rings. The Hall–Kier alpha value is -2.22. The molecule has 32 heavy (non-hydrogen) atoms. The molecule has 0 unspecified atom stereocenters. The van der Waals surface area contributed by atoms with E-state index in [0.717, 1.165) is 59.5 Å². The van der Waals surface area contributed by atoms with Gasteiger partial charge >= 0.3 is 5.97 Å². The first-order valence-corrected chi connectivity index (χ1v) is 11.8. The fourth-order valence-electron chi connectivity index (χ4n) is 3.44. The fourth-order valence-corrected chi connectivity index (χ4v) is 4.53. The van der Waals surface area contributed by atoms with Gasteiger partial charge in [-0.05, 0) is 66.8 Å². The van der Waals surface area contributed by atoms with Crippen molar-refractivity contribution in [2.45, 2.75) is 44.0 Å². The number of carbonyl (C=O) groups is 1. The molecule has 7 heteroatoms. The van der Waals surface area contributed by atoms with Gasteiger partial charge < -0.3 is 19.3 Å². The summed E-state index contributed by atoms with van der Waals surface area (Å²) in [6, 6.07) is 10.4. The highest BCUT2D eigenvalue weighted by Gasteiger charge is 2.14. The van der Waals surface area contributed by atoms with Crippen molar-refractivity contribution in [3.05, 3.63) is 47.0 Å². The third-order valence-corrected chi connectivity index (χ3v) is 6.22. The molecular weight excluding hydrogens is 426 g/mol. The van der Waals surface area contributed by atoms with E-state index in [-0.39, 0.29) is 6.61 Å². The number of morpholine rings is 1. The SMILES string of the molecule is Cc1cc(Sc2cc(CN3CCOCC3)cc(OCC(C)C)c2)c(C)cc1OCC(=O)O. The van der Waals surface area contributed by atoms with Crippen molar-refractivity contribution in [1.82, 2.24) is 4.90 Å². The number of ether oxygens (including phenoxy) is 3. The summed E-state index contributed by atoms with van der Waals surface area (Å²) in [6.45, 7) is 12.9. The smallest absolute Gasteiger partial charge is 0.341 e. The van der Waals surface area contributed by atoms with Crippen molar-refractivity contribution in [2.75, 3.05) is 39.5 Å². The molecule has 1 N–H and O–H groups in total. The molecule has 3 rings (SSSR count). The number of hydrogen-bond acceptors (Lipinski definition) is 6. The maximum atomic E-state index is 10.8. The van der Waals surface area contributed by atoms with E-state index in [1.807, 2.05) is 19.9 Å². The molecule has 2 aromatic carbocycles. The van der Waals surface area contributed by atoms with E-state index in [1.54, 1.807) is 11.8 Å². The van der Waals surface area contributed by atoms with E-state index in [0.29, 0.717) is 18.3 Å². The Bertz CT molecular complexity index is 925. The minimum absolute atomic E-state index is 0.340. The summed E-state index contributed by atoms with van der Waals surface area (Å²) in [7, 11) is 0. The summed E-state index contributed by atoms with van der Waals surface area (Å²) < 4.78 is 17.0. The van der Waals surface area contributed by atoms with Crippen molar-refractivity contribution in [3.63, 3.8) is 0 Å². The van der Waals surface area contributed by atoms with E-state index >= 15 is 0 Å². The third-order valence-electron chi connectivity index (χ3n) is 5.08. The largest absolute Gasteiger partial charge is 0.493 e. The lowest BCUT2D eigenvalue weighted by Crippen LogP contribution is -2.35. The van der Waals surface area contributed by atoms with Crippen molar-refractivity contribution < 1.29 is 24.1 Å². The first kappa shape index (κ1) is 24.4. The zero-order valence-electron chi connectivity index (χ0n) is 19.3. The molecule has 0 aromatic heterocycles. The first-order chi connectivity index (χ1) is 15.3. The van der Waals surface area contributed by atoms with Crippen LogP contribution in [0.25, 0.3) is 0 Å². The average molecular weight is 460 g/mol. The van der Waals surface area contributed by atoms with E-state index in [4.69, 9.17) is 19.3 Å². The number of aliphatic carboxylic acids is 1. The van der Waals surface area contributed by atoms with Crippen LogP contribution in [-0.4, -0.2) is 55.5 Å². The molecule has 0 radical (unpaired) electrons. The summed E-state index contributed by atoms with van der Waals surface area (Å²) in [4.78, 5) is 15.5. The lowest BCUT2D eigenvalue weighted by atomic mass is 10.1. The van der Waals surface area contributed by atoms with Gasteiger partial charge in [-0.25, -0.2) is 4.79 Å². The average Bonchev–Trinajstić information content (AvgIpc) is 2.74. The summed E-state index contributed by atoms with van der Waals surface area (Å²) in [5, 5.41) is 8.88. The highest BCUT2D eigenvalue weighted by Crippen LogP contribution is 2.36. The molecule has 0 atom stereocenters. The molecule has 6 nitrogen and oxygen atoms in total. The van der Waals surface area contributed by atoms with Crippen LogP contribution in [0.4, 0.5) is 0 Å². The molecule has 0 spiro atoms. The minimum atomic E-state index is -0.980.